The van der Waals surface area contributed by atoms with Gasteiger partial charge in [-0.3, -0.25) is 14.7 Å². The standard InChI is InChI=1S/C14H20ClN3O/c1-3-17(4-2)12-6-8-18(10-12)14(19)13-9-11(15)5-7-16-13/h5,7,9,12H,3-4,6,8,10H2,1-2H3. The molecule has 0 N–H and O–H groups in total. The van der Waals surface area contributed by atoms with E-state index in [1.165, 1.54) is 0 Å². The summed E-state index contributed by atoms with van der Waals surface area (Å²) in [5, 5.41) is 0.554. The van der Waals surface area contributed by atoms with Gasteiger partial charge < -0.3 is 4.90 Å². The van der Waals surface area contributed by atoms with E-state index in [4.69, 9.17) is 11.6 Å². The zero-order chi connectivity index (χ0) is 13.8. The quantitative estimate of drug-likeness (QED) is 0.850. The predicted octanol–water partition coefficient (Wildman–Crippen LogP) is 2.29. The molecular weight excluding hydrogens is 262 g/mol. The van der Waals surface area contributed by atoms with Gasteiger partial charge in [-0.15, -0.1) is 0 Å². The lowest BCUT2D eigenvalue weighted by molar-refractivity contribution is 0.0772. The van der Waals surface area contributed by atoms with Crippen LogP contribution in [0.15, 0.2) is 18.3 Å². The van der Waals surface area contributed by atoms with E-state index in [0.29, 0.717) is 16.8 Å². The third-order valence-corrected chi connectivity index (χ3v) is 3.96. The molecule has 0 spiro atoms. The molecule has 1 amide bonds. The number of halogens is 1. The second-order valence-electron chi connectivity index (χ2n) is 4.77. The number of pyridine rings is 1. The van der Waals surface area contributed by atoms with E-state index in [0.717, 1.165) is 32.6 Å². The average Bonchev–Trinajstić information content (AvgIpc) is 2.89. The van der Waals surface area contributed by atoms with Crippen molar-refractivity contribution in [1.29, 1.82) is 0 Å². The van der Waals surface area contributed by atoms with Gasteiger partial charge in [0.1, 0.15) is 5.69 Å². The lowest BCUT2D eigenvalue weighted by Gasteiger charge is -2.26. The maximum atomic E-state index is 12.3. The van der Waals surface area contributed by atoms with Crippen molar-refractivity contribution in [3.05, 3.63) is 29.0 Å². The molecule has 0 bridgehead atoms. The van der Waals surface area contributed by atoms with Gasteiger partial charge in [0.15, 0.2) is 0 Å². The van der Waals surface area contributed by atoms with E-state index < -0.39 is 0 Å². The van der Waals surface area contributed by atoms with Crippen LogP contribution in [0.25, 0.3) is 0 Å². The maximum Gasteiger partial charge on any atom is 0.272 e. The molecule has 19 heavy (non-hydrogen) atoms. The molecule has 0 aliphatic carbocycles. The molecule has 1 aliphatic rings. The molecule has 0 radical (unpaired) electrons. The van der Waals surface area contributed by atoms with Crippen molar-refractivity contribution >= 4 is 17.5 Å². The first-order chi connectivity index (χ1) is 9.15. The number of carbonyl (C=O) groups is 1. The van der Waals surface area contributed by atoms with Gasteiger partial charge in [0.25, 0.3) is 5.91 Å². The summed E-state index contributed by atoms with van der Waals surface area (Å²) in [4.78, 5) is 20.7. The van der Waals surface area contributed by atoms with Crippen LogP contribution in [-0.2, 0) is 0 Å². The molecule has 1 aliphatic heterocycles. The van der Waals surface area contributed by atoms with Crippen LogP contribution in [0.1, 0.15) is 30.8 Å². The molecule has 2 rings (SSSR count). The van der Waals surface area contributed by atoms with E-state index in [9.17, 15) is 4.79 Å². The van der Waals surface area contributed by atoms with Crippen molar-refractivity contribution in [2.45, 2.75) is 26.3 Å². The Labute approximate surface area is 119 Å². The average molecular weight is 282 g/mol. The topological polar surface area (TPSA) is 36.4 Å². The Balaban J connectivity index is 2.02. The number of likely N-dealkylation sites (N-methyl/N-ethyl adjacent to an activating group) is 1. The minimum Gasteiger partial charge on any atom is -0.336 e. The van der Waals surface area contributed by atoms with Crippen LogP contribution in [-0.4, -0.2) is 52.9 Å². The summed E-state index contributed by atoms with van der Waals surface area (Å²) >= 11 is 5.90. The van der Waals surface area contributed by atoms with Gasteiger partial charge in [-0.05, 0) is 31.6 Å². The highest BCUT2D eigenvalue weighted by molar-refractivity contribution is 6.30. The highest BCUT2D eigenvalue weighted by atomic mass is 35.5. The Kier molecular flexibility index (Phi) is 4.77. The number of nitrogens with zero attached hydrogens (tertiary/aromatic N) is 3. The minimum absolute atomic E-state index is 0.0165. The molecular formula is C14H20ClN3O. The summed E-state index contributed by atoms with van der Waals surface area (Å²) in [7, 11) is 0. The number of amides is 1. The third kappa shape index (κ3) is 3.25. The van der Waals surface area contributed by atoms with Crippen LogP contribution in [0.5, 0.6) is 0 Å². The summed E-state index contributed by atoms with van der Waals surface area (Å²) in [5.41, 5.74) is 0.438. The van der Waals surface area contributed by atoms with E-state index in [1.54, 1.807) is 18.3 Å². The lowest BCUT2D eigenvalue weighted by atomic mass is 10.2. The summed E-state index contributed by atoms with van der Waals surface area (Å²) in [6.07, 6.45) is 2.61. The van der Waals surface area contributed by atoms with Crippen LogP contribution < -0.4 is 0 Å². The van der Waals surface area contributed by atoms with Crippen molar-refractivity contribution in [3.8, 4) is 0 Å². The molecule has 104 valence electrons. The molecule has 5 heteroatoms. The molecule has 1 unspecified atom stereocenters. The number of hydrogen-bond acceptors (Lipinski definition) is 3. The first kappa shape index (κ1) is 14.3. The van der Waals surface area contributed by atoms with E-state index in [-0.39, 0.29) is 5.91 Å². The van der Waals surface area contributed by atoms with Gasteiger partial charge in [-0.1, -0.05) is 25.4 Å². The van der Waals surface area contributed by atoms with E-state index in [2.05, 4.69) is 23.7 Å². The van der Waals surface area contributed by atoms with Crippen LogP contribution in [0.4, 0.5) is 0 Å². The second-order valence-corrected chi connectivity index (χ2v) is 5.21. The third-order valence-electron chi connectivity index (χ3n) is 3.72. The van der Waals surface area contributed by atoms with Crippen molar-refractivity contribution in [2.24, 2.45) is 0 Å². The molecule has 1 fully saturated rings. The molecule has 0 aromatic carbocycles. The smallest absolute Gasteiger partial charge is 0.272 e. The molecule has 1 aromatic rings. The van der Waals surface area contributed by atoms with Crippen LogP contribution in [0.3, 0.4) is 0 Å². The summed E-state index contributed by atoms with van der Waals surface area (Å²) in [5.74, 6) is -0.0165. The molecule has 4 nitrogen and oxygen atoms in total. The lowest BCUT2D eigenvalue weighted by Crippen LogP contribution is -2.38. The van der Waals surface area contributed by atoms with Crippen LogP contribution in [0, 0.1) is 0 Å². The van der Waals surface area contributed by atoms with Crippen molar-refractivity contribution < 1.29 is 4.79 Å². The van der Waals surface area contributed by atoms with E-state index >= 15 is 0 Å². The predicted molar refractivity (Wildman–Crippen MR) is 76.5 cm³/mol. The highest BCUT2D eigenvalue weighted by Crippen LogP contribution is 2.18. The van der Waals surface area contributed by atoms with Gasteiger partial charge in [-0.25, -0.2) is 0 Å². The minimum atomic E-state index is -0.0165. The Morgan fingerprint density at radius 2 is 2.26 bits per heavy atom. The number of hydrogen-bond donors (Lipinski definition) is 0. The van der Waals surface area contributed by atoms with Crippen molar-refractivity contribution in [1.82, 2.24) is 14.8 Å². The summed E-state index contributed by atoms with van der Waals surface area (Å²) in [6.45, 7) is 7.96. The maximum absolute atomic E-state index is 12.3. The fourth-order valence-electron chi connectivity index (χ4n) is 2.65. The van der Waals surface area contributed by atoms with Gasteiger partial charge >= 0.3 is 0 Å². The van der Waals surface area contributed by atoms with Crippen molar-refractivity contribution in [3.63, 3.8) is 0 Å². The number of rotatable bonds is 4. The zero-order valence-corrected chi connectivity index (χ0v) is 12.2. The van der Waals surface area contributed by atoms with E-state index in [1.807, 2.05) is 4.90 Å². The second kappa shape index (κ2) is 6.35. The SMILES string of the molecule is CCN(CC)C1CCN(C(=O)c2cc(Cl)ccn2)C1. The Bertz CT molecular complexity index is 448. The Morgan fingerprint density at radius 1 is 1.53 bits per heavy atom. The largest absolute Gasteiger partial charge is 0.336 e. The molecule has 1 saturated heterocycles. The molecule has 2 heterocycles. The first-order valence-corrected chi connectivity index (χ1v) is 7.18. The number of likely N-dealkylation sites (tertiary alicyclic amines) is 1. The monoisotopic (exact) mass is 281 g/mol. The molecule has 1 atom stereocenters. The summed E-state index contributed by atoms with van der Waals surface area (Å²) < 4.78 is 0. The number of aromatic nitrogens is 1. The van der Waals surface area contributed by atoms with Crippen LogP contribution >= 0.6 is 11.6 Å². The zero-order valence-electron chi connectivity index (χ0n) is 11.5. The first-order valence-electron chi connectivity index (χ1n) is 6.80. The van der Waals surface area contributed by atoms with Gasteiger partial charge in [0.2, 0.25) is 0 Å². The highest BCUT2D eigenvalue weighted by Gasteiger charge is 2.30. The van der Waals surface area contributed by atoms with Gasteiger partial charge in [0.05, 0.1) is 0 Å². The molecule has 1 aromatic heterocycles. The van der Waals surface area contributed by atoms with Gasteiger partial charge in [0, 0.05) is 30.4 Å². The fourth-order valence-corrected chi connectivity index (χ4v) is 2.81. The summed E-state index contributed by atoms with van der Waals surface area (Å²) in [6, 6.07) is 3.79. The fraction of sp³-hybridized carbons (Fsp3) is 0.571. The van der Waals surface area contributed by atoms with Crippen LogP contribution in [0.2, 0.25) is 5.02 Å². The Hall–Kier alpha value is -1.13. The van der Waals surface area contributed by atoms with Gasteiger partial charge in [-0.2, -0.15) is 0 Å². The van der Waals surface area contributed by atoms with Crippen molar-refractivity contribution in [2.75, 3.05) is 26.2 Å². The number of carbonyl (C=O) groups excluding carboxylic acids is 1. The Morgan fingerprint density at radius 3 is 2.89 bits per heavy atom. The normalized spacial score (nSPS) is 19.2. The molecule has 0 saturated carbocycles.